The summed E-state index contributed by atoms with van der Waals surface area (Å²) >= 11 is 0. The van der Waals surface area contributed by atoms with E-state index < -0.39 is 16.4 Å². The van der Waals surface area contributed by atoms with Crippen molar-refractivity contribution >= 4 is 28.5 Å². The molecule has 0 N–H and O–H groups in total. The second-order valence-corrected chi connectivity index (χ2v) is 4.83. The van der Waals surface area contributed by atoms with Crippen LogP contribution in [0, 0.1) is 10.1 Å². The molecule has 0 radical (unpaired) electrons. The first-order valence-electron chi connectivity index (χ1n) is 6.71. The molecule has 3 rings (SSSR count). The molecule has 0 aliphatic rings. The highest BCUT2D eigenvalue weighted by atomic mass is 16.6. The largest absolute Gasteiger partial charge is 0.868 e. The number of fused-ring (bicyclic) bond motifs is 1. The van der Waals surface area contributed by atoms with E-state index in [4.69, 9.17) is 4.42 Å². The molecule has 0 aliphatic carbocycles. The molecular weight excluding hydrogens is 298 g/mol. The van der Waals surface area contributed by atoms with Crippen LogP contribution in [-0.4, -0.2) is 10.7 Å². The zero-order valence-corrected chi connectivity index (χ0v) is 11.8. The summed E-state index contributed by atoms with van der Waals surface area (Å²) in [6.07, 6.45) is 2.66. The Balaban J connectivity index is 1.86. The fourth-order valence-corrected chi connectivity index (χ4v) is 2.14. The zero-order chi connectivity index (χ0) is 16.4. The first kappa shape index (κ1) is 14.5. The van der Waals surface area contributed by atoms with Crippen molar-refractivity contribution in [1.29, 1.82) is 0 Å². The maximum atomic E-state index is 12.1. The van der Waals surface area contributed by atoms with Crippen LogP contribution >= 0.6 is 0 Å². The summed E-state index contributed by atoms with van der Waals surface area (Å²) in [6.45, 7) is 0. The van der Waals surface area contributed by atoms with Crippen LogP contribution in [0.1, 0.15) is 16.1 Å². The number of carbonyl (C=O) groups excluding carboxylic acids is 1. The maximum absolute atomic E-state index is 12.1. The lowest BCUT2D eigenvalue weighted by molar-refractivity contribution is -0.398. The normalized spacial score (nSPS) is 11.1. The molecule has 0 saturated heterocycles. The third-order valence-electron chi connectivity index (χ3n) is 3.28. The fourth-order valence-electron chi connectivity index (χ4n) is 2.14. The number of hydrogen-bond acceptors (Lipinski definition) is 5. The van der Waals surface area contributed by atoms with E-state index in [0.717, 1.165) is 17.5 Å². The number of benzene rings is 2. The molecule has 23 heavy (non-hydrogen) atoms. The van der Waals surface area contributed by atoms with Gasteiger partial charge in [-0.05, 0) is 29.5 Å². The molecule has 0 bridgehead atoms. The van der Waals surface area contributed by atoms with Crippen molar-refractivity contribution in [3.8, 4) is 5.75 Å². The van der Waals surface area contributed by atoms with Crippen LogP contribution in [-0.2, 0) is 0 Å². The third kappa shape index (κ3) is 2.96. The van der Waals surface area contributed by atoms with Gasteiger partial charge in [-0.3, -0.25) is 14.9 Å². The van der Waals surface area contributed by atoms with Gasteiger partial charge in [0.15, 0.2) is 5.76 Å². The average Bonchev–Trinajstić information content (AvgIpc) is 2.97. The van der Waals surface area contributed by atoms with Gasteiger partial charge in [0.2, 0.25) is 5.78 Å². The van der Waals surface area contributed by atoms with Crippen LogP contribution in [0.25, 0.3) is 17.0 Å². The van der Waals surface area contributed by atoms with Crippen molar-refractivity contribution in [2.75, 3.05) is 0 Å². The first-order valence-corrected chi connectivity index (χ1v) is 6.71. The van der Waals surface area contributed by atoms with Gasteiger partial charge in [0, 0.05) is 11.5 Å². The number of rotatable bonds is 4. The number of ketones is 1. The zero-order valence-electron chi connectivity index (χ0n) is 11.8. The van der Waals surface area contributed by atoms with Crippen LogP contribution in [0.2, 0.25) is 0 Å². The van der Waals surface area contributed by atoms with Gasteiger partial charge in [-0.25, -0.2) is 0 Å². The molecule has 2 aromatic carbocycles. The quantitative estimate of drug-likeness (QED) is 0.319. The predicted octanol–water partition coefficient (Wildman–Crippen LogP) is 3.31. The van der Waals surface area contributed by atoms with Gasteiger partial charge in [0.25, 0.3) is 5.69 Å². The molecule has 0 atom stereocenters. The van der Waals surface area contributed by atoms with Crippen molar-refractivity contribution in [2.24, 2.45) is 0 Å². The molecule has 0 unspecified atom stereocenters. The second-order valence-electron chi connectivity index (χ2n) is 4.83. The highest BCUT2D eigenvalue weighted by Crippen LogP contribution is 2.25. The molecule has 0 aliphatic heterocycles. The molecule has 3 aromatic rings. The monoisotopic (exact) mass is 308 g/mol. The van der Waals surface area contributed by atoms with Gasteiger partial charge >= 0.3 is 0 Å². The Morgan fingerprint density at radius 2 is 1.91 bits per heavy atom. The smallest absolute Gasteiger partial charge is 0.262 e. The van der Waals surface area contributed by atoms with Crippen LogP contribution in [0.4, 0.5) is 5.69 Å². The summed E-state index contributed by atoms with van der Waals surface area (Å²) in [5.74, 6) is -0.858. The van der Waals surface area contributed by atoms with Gasteiger partial charge in [-0.2, -0.15) is 0 Å². The molecular formula is C17H10NO5-. The summed E-state index contributed by atoms with van der Waals surface area (Å²) in [4.78, 5) is 22.1. The van der Waals surface area contributed by atoms with Gasteiger partial charge in [-0.1, -0.05) is 36.4 Å². The molecule has 114 valence electrons. The summed E-state index contributed by atoms with van der Waals surface area (Å²) in [5, 5.41) is 22.9. The Hall–Kier alpha value is -3.41. The summed E-state index contributed by atoms with van der Waals surface area (Å²) in [5.41, 5.74) is 0.472. The van der Waals surface area contributed by atoms with E-state index >= 15 is 0 Å². The van der Waals surface area contributed by atoms with E-state index in [-0.39, 0.29) is 11.5 Å². The number of hydrogen-bond donors (Lipinski definition) is 0. The molecule has 0 amide bonds. The highest BCUT2D eigenvalue weighted by molar-refractivity contribution is 6.07. The van der Waals surface area contributed by atoms with Gasteiger partial charge in [0.1, 0.15) is 5.58 Å². The lowest BCUT2D eigenvalue weighted by Gasteiger charge is -2.05. The topological polar surface area (TPSA) is 96.4 Å². The first-order chi connectivity index (χ1) is 11.0. The Morgan fingerprint density at radius 1 is 1.13 bits per heavy atom. The lowest BCUT2D eigenvalue weighted by atomic mass is 10.1. The van der Waals surface area contributed by atoms with Gasteiger partial charge in [0.05, 0.1) is 4.92 Å². The van der Waals surface area contributed by atoms with Crippen molar-refractivity contribution in [1.82, 2.24) is 0 Å². The Labute approximate surface area is 130 Å². The highest BCUT2D eigenvalue weighted by Gasteiger charge is 2.10. The third-order valence-corrected chi connectivity index (χ3v) is 3.28. The van der Waals surface area contributed by atoms with E-state index in [1.807, 2.05) is 12.1 Å². The lowest BCUT2D eigenvalue weighted by Crippen LogP contribution is -1.97. The molecule has 1 heterocycles. The number of para-hydroxylation sites is 1. The van der Waals surface area contributed by atoms with E-state index in [1.165, 1.54) is 18.2 Å². The number of carbonyl (C=O) groups is 1. The minimum Gasteiger partial charge on any atom is -0.868 e. The number of nitro groups is 1. The SMILES string of the molecule is O=C(/C=C/c1ccc([O-])c([N+](=O)[O-])c1)c1cc2ccccc2o1. The maximum Gasteiger partial charge on any atom is 0.262 e. The minimum absolute atomic E-state index is 0.178. The fraction of sp³-hybridized carbons (Fsp3) is 0. The Morgan fingerprint density at radius 3 is 2.65 bits per heavy atom. The van der Waals surface area contributed by atoms with Gasteiger partial charge < -0.3 is 9.52 Å². The van der Waals surface area contributed by atoms with Crippen LogP contribution in [0.15, 0.2) is 59.0 Å². The molecule has 6 nitrogen and oxygen atoms in total. The molecule has 1 aromatic heterocycles. The predicted molar refractivity (Wildman–Crippen MR) is 82.1 cm³/mol. The average molecular weight is 308 g/mol. The minimum atomic E-state index is -0.749. The number of allylic oxidation sites excluding steroid dienone is 1. The summed E-state index contributed by atoms with van der Waals surface area (Å²) in [7, 11) is 0. The second kappa shape index (κ2) is 5.76. The van der Waals surface area contributed by atoms with Crippen molar-refractivity contribution < 1.29 is 19.2 Å². The molecule has 0 spiro atoms. The van der Waals surface area contributed by atoms with Crippen molar-refractivity contribution in [2.45, 2.75) is 0 Å². The van der Waals surface area contributed by atoms with E-state index in [1.54, 1.807) is 18.2 Å². The van der Waals surface area contributed by atoms with Crippen LogP contribution in [0.3, 0.4) is 0 Å². The van der Waals surface area contributed by atoms with E-state index in [9.17, 15) is 20.0 Å². The molecule has 0 fully saturated rings. The molecule has 6 heteroatoms. The van der Waals surface area contributed by atoms with Crippen LogP contribution in [0.5, 0.6) is 5.75 Å². The number of nitro benzene ring substituents is 1. The number of furan rings is 1. The summed E-state index contributed by atoms with van der Waals surface area (Å²) in [6, 6.07) is 12.5. The Bertz CT molecular complexity index is 906. The molecule has 0 saturated carbocycles. The van der Waals surface area contributed by atoms with Gasteiger partial charge in [-0.15, -0.1) is 0 Å². The van der Waals surface area contributed by atoms with E-state index in [2.05, 4.69) is 0 Å². The van der Waals surface area contributed by atoms with Crippen molar-refractivity contribution in [3.05, 3.63) is 76.0 Å². The standard InChI is InChI=1S/C17H11NO5/c19-14-7-5-11(9-13(14)18(21)22)6-8-15(20)17-10-12-3-1-2-4-16(12)23-17/h1-10,19H/p-1/b8-6+. The van der Waals surface area contributed by atoms with Crippen LogP contribution < -0.4 is 5.11 Å². The Kier molecular flexibility index (Phi) is 3.64. The van der Waals surface area contributed by atoms with E-state index in [0.29, 0.717) is 11.1 Å². The van der Waals surface area contributed by atoms with Crippen molar-refractivity contribution in [3.63, 3.8) is 0 Å². The number of nitrogens with zero attached hydrogens (tertiary/aromatic N) is 1. The summed E-state index contributed by atoms with van der Waals surface area (Å²) < 4.78 is 5.44.